The van der Waals surface area contributed by atoms with Crippen molar-refractivity contribution in [3.8, 4) is 11.5 Å². The summed E-state index contributed by atoms with van der Waals surface area (Å²) >= 11 is 0. The molecule has 0 radical (unpaired) electrons. The zero-order valence-corrected chi connectivity index (χ0v) is 10.1. The number of ketones is 1. The van der Waals surface area contributed by atoms with E-state index in [0.29, 0.717) is 5.75 Å². The number of carboxylic acids is 1. The minimum atomic E-state index is -1.19. The molecular weight excluding hydrogens is 240 g/mol. The third-order valence-corrected chi connectivity index (χ3v) is 2.13. The summed E-state index contributed by atoms with van der Waals surface area (Å²) in [7, 11) is 2.92. The highest BCUT2D eigenvalue weighted by Gasteiger charge is 2.16. The number of rotatable bonds is 7. The molecular formula is C12H14O6. The van der Waals surface area contributed by atoms with Gasteiger partial charge in [-0.3, -0.25) is 9.59 Å². The van der Waals surface area contributed by atoms with E-state index in [1.54, 1.807) is 6.07 Å². The van der Waals surface area contributed by atoms with E-state index in [4.69, 9.17) is 19.3 Å². The number of hydrogen-bond donors (Lipinski definition) is 1. The number of hydrogen-bond acceptors (Lipinski definition) is 5. The van der Waals surface area contributed by atoms with Gasteiger partial charge in [0.25, 0.3) is 0 Å². The maximum Gasteiger partial charge on any atom is 0.311 e. The van der Waals surface area contributed by atoms with E-state index >= 15 is 0 Å². The van der Waals surface area contributed by atoms with Gasteiger partial charge < -0.3 is 19.3 Å². The van der Waals surface area contributed by atoms with E-state index < -0.39 is 18.2 Å². The van der Waals surface area contributed by atoms with Crippen LogP contribution < -0.4 is 9.47 Å². The minimum Gasteiger partial charge on any atom is -0.497 e. The highest BCUT2D eigenvalue weighted by atomic mass is 16.7. The molecule has 0 aliphatic heterocycles. The van der Waals surface area contributed by atoms with Crippen LogP contribution in [0, 0.1) is 0 Å². The number of Topliss-reactive ketones (excluding diaryl/α,β-unsaturated/α-hetero) is 1. The van der Waals surface area contributed by atoms with Gasteiger partial charge in [-0.25, -0.2) is 0 Å². The fraction of sp³-hybridized carbons (Fsp3) is 0.333. The lowest BCUT2D eigenvalue weighted by molar-refractivity contribution is -0.135. The third-order valence-electron chi connectivity index (χ3n) is 2.13. The van der Waals surface area contributed by atoms with Crippen LogP contribution in [0.15, 0.2) is 18.2 Å². The first-order valence-electron chi connectivity index (χ1n) is 5.13. The molecule has 0 saturated carbocycles. The van der Waals surface area contributed by atoms with E-state index in [9.17, 15) is 9.59 Å². The van der Waals surface area contributed by atoms with Crippen molar-refractivity contribution < 1.29 is 28.9 Å². The molecule has 6 heteroatoms. The van der Waals surface area contributed by atoms with Crippen molar-refractivity contribution in [3.05, 3.63) is 23.8 Å². The van der Waals surface area contributed by atoms with Gasteiger partial charge in [0.2, 0.25) is 0 Å². The van der Waals surface area contributed by atoms with Gasteiger partial charge in [0.05, 0.1) is 12.7 Å². The molecule has 0 saturated heterocycles. The Labute approximate surface area is 104 Å². The third kappa shape index (κ3) is 3.74. The molecule has 0 fully saturated rings. The first-order valence-corrected chi connectivity index (χ1v) is 5.13. The van der Waals surface area contributed by atoms with E-state index in [0.717, 1.165) is 0 Å². The second-order valence-electron chi connectivity index (χ2n) is 3.41. The van der Waals surface area contributed by atoms with Crippen LogP contribution in [0.5, 0.6) is 11.5 Å². The molecule has 6 nitrogen and oxygen atoms in total. The van der Waals surface area contributed by atoms with Crippen molar-refractivity contribution >= 4 is 11.8 Å². The standard InChI is InChI=1S/C12H14O6/c1-16-7-18-11-5-8(17-2)3-4-9(11)10(13)6-12(14)15/h3-5H,6-7H2,1-2H3,(H,14,15). The van der Waals surface area contributed by atoms with Crippen molar-refractivity contribution in [2.24, 2.45) is 0 Å². The fourth-order valence-corrected chi connectivity index (χ4v) is 1.33. The summed E-state index contributed by atoms with van der Waals surface area (Å²) in [5.41, 5.74) is 0.190. The summed E-state index contributed by atoms with van der Waals surface area (Å²) in [6, 6.07) is 4.54. The Morgan fingerprint density at radius 3 is 2.56 bits per heavy atom. The van der Waals surface area contributed by atoms with Crippen molar-refractivity contribution in [2.75, 3.05) is 21.0 Å². The number of aliphatic carboxylic acids is 1. The molecule has 0 aromatic heterocycles. The Morgan fingerprint density at radius 1 is 1.28 bits per heavy atom. The normalized spacial score (nSPS) is 9.89. The van der Waals surface area contributed by atoms with Gasteiger partial charge in [0.1, 0.15) is 17.9 Å². The lowest BCUT2D eigenvalue weighted by atomic mass is 10.1. The average molecular weight is 254 g/mol. The van der Waals surface area contributed by atoms with E-state index in [2.05, 4.69) is 0 Å². The first kappa shape index (κ1) is 14.0. The quantitative estimate of drug-likeness (QED) is 0.449. The lowest BCUT2D eigenvalue weighted by Gasteiger charge is -2.11. The zero-order valence-electron chi connectivity index (χ0n) is 10.1. The zero-order chi connectivity index (χ0) is 13.5. The van der Waals surface area contributed by atoms with Gasteiger partial charge in [0, 0.05) is 13.2 Å². The van der Waals surface area contributed by atoms with Gasteiger partial charge >= 0.3 is 5.97 Å². The Balaban J connectivity index is 3.00. The molecule has 0 aliphatic carbocycles. The van der Waals surface area contributed by atoms with Gasteiger partial charge in [0.15, 0.2) is 12.6 Å². The second-order valence-corrected chi connectivity index (χ2v) is 3.41. The lowest BCUT2D eigenvalue weighted by Crippen LogP contribution is -2.10. The van der Waals surface area contributed by atoms with Crippen molar-refractivity contribution in [2.45, 2.75) is 6.42 Å². The Kier molecular flexibility index (Phi) is 5.13. The number of carboxylic acid groups (broad SMARTS) is 1. The maximum absolute atomic E-state index is 11.7. The monoisotopic (exact) mass is 254 g/mol. The Hall–Kier alpha value is -2.08. The minimum absolute atomic E-state index is 0.0412. The Morgan fingerprint density at radius 2 is 2.00 bits per heavy atom. The molecule has 0 atom stereocenters. The van der Waals surface area contributed by atoms with Gasteiger partial charge in [-0.2, -0.15) is 0 Å². The molecule has 0 bridgehead atoms. The summed E-state index contributed by atoms with van der Waals surface area (Å²) < 4.78 is 15.0. The molecule has 1 aromatic rings. The van der Waals surface area contributed by atoms with Crippen LogP contribution in [0.25, 0.3) is 0 Å². The van der Waals surface area contributed by atoms with Crippen molar-refractivity contribution in [3.63, 3.8) is 0 Å². The number of ether oxygens (including phenoxy) is 3. The van der Waals surface area contributed by atoms with Gasteiger partial charge in [-0.05, 0) is 12.1 Å². The largest absolute Gasteiger partial charge is 0.497 e. The summed E-state index contributed by atoms with van der Waals surface area (Å²) in [6.45, 7) is -0.0412. The van der Waals surface area contributed by atoms with E-state index in [-0.39, 0.29) is 18.1 Å². The molecule has 0 unspecified atom stereocenters. The predicted molar refractivity (Wildman–Crippen MR) is 62.1 cm³/mol. The topological polar surface area (TPSA) is 82.1 Å². The molecule has 1 N–H and O–H groups in total. The molecule has 0 spiro atoms. The average Bonchev–Trinajstić information content (AvgIpc) is 2.35. The molecule has 98 valence electrons. The number of benzene rings is 1. The van der Waals surface area contributed by atoms with Crippen molar-refractivity contribution in [1.29, 1.82) is 0 Å². The first-order chi connectivity index (χ1) is 8.58. The second kappa shape index (κ2) is 6.61. The smallest absolute Gasteiger partial charge is 0.311 e. The summed E-state index contributed by atoms with van der Waals surface area (Å²) in [4.78, 5) is 22.2. The van der Waals surface area contributed by atoms with Crippen LogP contribution in [-0.2, 0) is 9.53 Å². The number of methoxy groups -OCH3 is 2. The predicted octanol–water partition coefficient (Wildman–Crippen LogP) is 1.34. The molecule has 1 rings (SSSR count). The van der Waals surface area contributed by atoms with Crippen LogP contribution in [0.3, 0.4) is 0 Å². The highest BCUT2D eigenvalue weighted by molar-refractivity contribution is 6.07. The molecule has 0 aliphatic rings. The summed E-state index contributed by atoms with van der Waals surface area (Å²) in [5.74, 6) is -0.972. The molecule has 0 amide bonds. The van der Waals surface area contributed by atoms with Crippen LogP contribution in [0.4, 0.5) is 0 Å². The summed E-state index contributed by atoms with van der Waals surface area (Å²) in [5, 5.41) is 8.60. The fourth-order valence-electron chi connectivity index (χ4n) is 1.33. The molecule has 0 heterocycles. The SMILES string of the molecule is COCOc1cc(OC)ccc1C(=O)CC(=O)O. The number of carbonyl (C=O) groups is 2. The molecule has 1 aromatic carbocycles. The highest BCUT2D eigenvalue weighted by Crippen LogP contribution is 2.26. The molecule has 18 heavy (non-hydrogen) atoms. The number of carbonyl (C=O) groups excluding carboxylic acids is 1. The van der Waals surface area contributed by atoms with Crippen LogP contribution in [0.1, 0.15) is 16.8 Å². The van der Waals surface area contributed by atoms with Gasteiger partial charge in [-0.1, -0.05) is 0 Å². The maximum atomic E-state index is 11.7. The Bertz CT molecular complexity index is 440. The van der Waals surface area contributed by atoms with Crippen LogP contribution >= 0.6 is 0 Å². The van der Waals surface area contributed by atoms with Crippen LogP contribution in [-0.4, -0.2) is 37.9 Å². The summed E-state index contributed by atoms with van der Waals surface area (Å²) in [6.07, 6.45) is -0.588. The van der Waals surface area contributed by atoms with Crippen LogP contribution in [0.2, 0.25) is 0 Å². The van der Waals surface area contributed by atoms with Gasteiger partial charge in [-0.15, -0.1) is 0 Å². The van der Waals surface area contributed by atoms with Crippen molar-refractivity contribution in [1.82, 2.24) is 0 Å². The van der Waals surface area contributed by atoms with E-state index in [1.165, 1.54) is 26.4 Å². The van der Waals surface area contributed by atoms with E-state index in [1.807, 2.05) is 0 Å².